The molecule has 0 radical (unpaired) electrons. The van der Waals surface area contributed by atoms with E-state index in [4.69, 9.17) is 34.8 Å². The van der Waals surface area contributed by atoms with Crippen LogP contribution in [0.1, 0.15) is 37.8 Å². The molecule has 7 heteroatoms. The summed E-state index contributed by atoms with van der Waals surface area (Å²) >= 11 is 18.6. The van der Waals surface area contributed by atoms with E-state index in [0.717, 1.165) is 17.5 Å². The summed E-state index contributed by atoms with van der Waals surface area (Å²) in [6.07, 6.45) is 1.40. The molecule has 0 saturated heterocycles. The summed E-state index contributed by atoms with van der Waals surface area (Å²) < 4.78 is 0. The Morgan fingerprint density at radius 3 is 2.34 bits per heavy atom. The van der Waals surface area contributed by atoms with Crippen molar-refractivity contribution in [2.24, 2.45) is 0 Å². The van der Waals surface area contributed by atoms with Crippen molar-refractivity contribution in [1.29, 1.82) is 0 Å². The molecule has 156 valence electrons. The zero-order valence-corrected chi connectivity index (χ0v) is 18.8. The highest BCUT2D eigenvalue weighted by Gasteiger charge is 2.29. The Hall–Kier alpha value is -1.75. The molecule has 0 spiro atoms. The molecule has 4 nitrogen and oxygen atoms in total. The van der Waals surface area contributed by atoms with Crippen molar-refractivity contribution in [2.45, 2.75) is 45.7 Å². The number of amides is 2. The third kappa shape index (κ3) is 6.63. The van der Waals surface area contributed by atoms with Crippen molar-refractivity contribution >= 4 is 46.6 Å². The lowest BCUT2D eigenvalue weighted by atomic mass is 10.1. The normalized spacial score (nSPS) is 11.8. The van der Waals surface area contributed by atoms with E-state index >= 15 is 0 Å². The molecule has 0 heterocycles. The number of carbonyl (C=O) groups is 2. The Balaban J connectivity index is 2.33. The van der Waals surface area contributed by atoms with Crippen LogP contribution in [0.15, 0.2) is 42.5 Å². The summed E-state index contributed by atoms with van der Waals surface area (Å²) in [6, 6.07) is 11.7. The number of halogens is 3. The predicted octanol–water partition coefficient (Wildman–Crippen LogP) is 5.52. The quantitative estimate of drug-likeness (QED) is 0.541. The fraction of sp³-hybridized carbons (Fsp3) is 0.364. The van der Waals surface area contributed by atoms with Gasteiger partial charge in [-0.1, -0.05) is 72.9 Å². The molecule has 1 N–H and O–H groups in total. The maximum Gasteiger partial charge on any atom is 0.242 e. The van der Waals surface area contributed by atoms with Crippen LogP contribution in [0, 0.1) is 0 Å². The number of carbonyl (C=O) groups excluding carboxylic acids is 2. The SMILES string of the molecule is CCCNC(=O)C(CC)N(Cc1ccc(Cl)cc1Cl)C(=O)Cc1ccccc1Cl. The van der Waals surface area contributed by atoms with E-state index in [2.05, 4.69) is 5.32 Å². The van der Waals surface area contributed by atoms with E-state index in [1.165, 1.54) is 0 Å². The Morgan fingerprint density at radius 1 is 1.00 bits per heavy atom. The first-order chi connectivity index (χ1) is 13.9. The van der Waals surface area contributed by atoms with Crippen LogP contribution in [0.4, 0.5) is 0 Å². The second-order valence-electron chi connectivity index (χ2n) is 6.74. The van der Waals surface area contributed by atoms with Crippen LogP contribution in [0.5, 0.6) is 0 Å². The second-order valence-corrected chi connectivity index (χ2v) is 7.99. The van der Waals surface area contributed by atoms with Crippen molar-refractivity contribution in [3.8, 4) is 0 Å². The second kappa shape index (κ2) is 11.4. The summed E-state index contributed by atoms with van der Waals surface area (Å²) in [5.41, 5.74) is 1.44. The zero-order chi connectivity index (χ0) is 21.4. The lowest BCUT2D eigenvalue weighted by molar-refractivity contribution is -0.140. The Kier molecular flexibility index (Phi) is 9.28. The standard InChI is InChI=1S/C22H25Cl3N2O2/c1-3-11-26-22(29)20(4-2)27(14-16-9-10-17(23)13-19(16)25)21(28)12-15-7-5-6-8-18(15)24/h5-10,13,20H,3-4,11-12,14H2,1-2H3,(H,26,29). The number of hydrogen-bond donors (Lipinski definition) is 1. The van der Waals surface area contributed by atoms with Crippen LogP contribution in [0.2, 0.25) is 15.1 Å². The molecule has 0 aliphatic carbocycles. The van der Waals surface area contributed by atoms with Crippen LogP contribution >= 0.6 is 34.8 Å². The summed E-state index contributed by atoms with van der Waals surface area (Å²) in [5, 5.41) is 4.38. The monoisotopic (exact) mass is 454 g/mol. The van der Waals surface area contributed by atoms with E-state index in [1.807, 2.05) is 32.0 Å². The molecule has 2 amide bonds. The lowest BCUT2D eigenvalue weighted by Gasteiger charge is -2.31. The molecule has 0 aliphatic rings. The lowest BCUT2D eigenvalue weighted by Crippen LogP contribution is -2.49. The number of benzene rings is 2. The number of nitrogens with one attached hydrogen (secondary N) is 1. The van der Waals surface area contributed by atoms with Gasteiger partial charge in [0.2, 0.25) is 11.8 Å². The summed E-state index contributed by atoms with van der Waals surface area (Å²) in [4.78, 5) is 27.6. The predicted molar refractivity (Wildman–Crippen MR) is 120 cm³/mol. The van der Waals surface area contributed by atoms with Gasteiger partial charge in [0.05, 0.1) is 6.42 Å². The molecule has 2 aromatic carbocycles. The first kappa shape index (κ1) is 23.5. The Labute approximate surface area is 187 Å². The highest BCUT2D eigenvalue weighted by Crippen LogP contribution is 2.25. The van der Waals surface area contributed by atoms with Crippen LogP contribution in [0.25, 0.3) is 0 Å². The highest BCUT2D eigenvalue weighted by molar-refractivity contribution is 6.35. The first-order valence-electron chi connectivity index (χ1n) is 9.61. The van der Waals surface area contributed by atoms with Crippen LogP contribution in [-0.4, -0.2) is 29.3 Å². The maximum absolute atomic E-state index is 13.2. The number of hydrogen-bond acceptors (Lipinski definition) is 2. The average molecular weight is 456 g/mol. The van der Waals surface area contributed by atoms with Gasteiger partial charge in [-0.2, -0.15) is 0 Å². The van der Waals surface area contributed by atoms with Gasteiger partial charge in [0.25, 0.3) is 0 Å². The van der Waals surface area contributed by atoms with Gasteiger partial charge in [0, 0.05) is 28.2 Å². The molecule has 2 aromatic rings. The highest BCUT2D eigenvalue weighted by atomic mass is 35.5. The third-order valence-electron chi connectivity index (χ3n) is 4.59. The van der Waals surface area contributed by atoms with Gasteiger partial charge in [-0.15, -0.1) is 0 Å². The van der Waals surface area contributed by atoms with Crippen LogP contribution in [-0.2, 0) is 22.6 Å². The van der Waals surface area contributed by atoms with Gasteiger partial charge in [-0.3, -0.25) is 9.59 Å². The van der Waals surface area contributed by atoms with Crippen LogP contribution < -0.4 is 5.32 Å². The molecular weight excluding hydrogens is 431 g/mol. The summed E-state index contributed by atoms with van der Waals surface area (Å²) in [7, 11) is 0. The number of rotatable bonds is 9. The number of nitrogens with zero attached hydrogens (tertiary/aromatic N) is 1. The van der Waals surface area contributed by atoms with Gasteiger partial charge >= 0.3 is 0 Å². The zero-order valence-electron chi connectivity index (χ0n) is 16.6. The fourth-order valence-electron chi connectivity index (χ4n) is 3.03. The van der Waals surface area contributed by atoms with Crippen LogP contribution in [0.3, 0.4) is 0 Å². The van der Waals surface area contributed by atoms with Crippen molar-refractivity contribution in [3.05, 3.63) is 68.7 Å². The van der Waals surface area contributed by atoms with Gasteiger partial charge < -0.3 is 10.2 Å². The molecule has 2 rings (SSSR count). The molecule has 0 saturated carbocycles. The minimum absolute atomic E-state index is 0.0996. The van der Waals surface area contributed by atoms with Gasteiger partial charge in [-0.25, -0.2) is 0 Å². The molecule has 1 unspecified atom stereocenters. The third-order valence-corrected chi connectivity index (χ3v) is 5.55. The van der Waals surface area contributed by atoms with Gasteiger partial charge in [0.15, 0.2) is 0 Å². The Bertz CT molecular complexity index is 858. The van der Waals surface area contributed by atoms with Crippen molar-refractivity contribution in [1.82, 2.24) is 10.2 Å². The molecule has 29 heavy (non-hydrogen) atoms. The minimum atomic E-state index is -0.608. The van der Waals surface area contributed by atoms with E-state index in [-0.39, 0.29) is 24.8 Å². The Morgan fingerprint density at radius 2 is 1.72 bits per heavy atom. The van der Waals surface area contributed by atoms with E-state index in [0.29, 0.717) is 28.0 Å². The van der Waals surface area contributed by atoms with Gasteiger partial charge in [-0.05, 0) is 42.2 Å². The van der Waals surface area contributed by atoms with Crippen molar-refractivity contribution in [2.75, 3.05) is 6.54 Å². The maximum atomic E-state index is 13.2. The fourth-order valence-corrected chi connectivity index (χ4v) is 3.70. The van der Waals surface area contributed by atoms with E-state index in [1.54, 1.807) is 29.2 Å². The van der Waals surface area contributed by atoms with E-state index < -0.39 is 6.04 Å². The molecule has 0 fully saturated rings. The van der Waals surface area contributed by atoms with Crippen molar-refractivity contribution < 1.29 is 9.59 Å². The summed E-state index contributed by atoms with van der Waals surface area (Å²) in [5.74, 6) is -0.366. The topological polar surface area (TPSA) is 49.4 Å². The average Bonchev–Trinajstić information content (AvgIpc) is 2.69. The molecule has 0 aliphatic heterocycles. The molecule has 1 atom stereocenters. The first-order valence-corrected chi connectivity index (χ1v) is 10.7. The largest absolute Gasteiger partial charge is 0.354 e. The van der Waals surface area contributed by atoms with E-state index in [9.17, 15) is 9.59 Å². The molecule has 0 bridgehead atoms. The van der Waals surface area contributed by atoms with Crippen molar-refractivity contribution in [3.63, 3.8) is 0 Å². The molecule has 0 aromatic heterocycles. The molecular formula is C22H25Cl3N2O2. The van der Waals surface area contributed by atoms with Gasteiger partial charge in [0.1, 0.15) is 6.04 Å². The summed E-state index contributed by atoms with van der Waals surface area (Å²) in [6.45, 7) is 4.63. The smallest absolute Gasteiger partial charge is 0.242 e. The minimum Gasteiger partial charge on any atom is -0.354 e.